The molecule has 1 aromatic heterocycles. The highest BCUT2D eigenvalue weighted by molar-refractivity contribution is 4.73. The summed E-state index contributed by atoms with van der Waals surface area (Å²) < 4.78 is 2.11. The molecule has 0 aromatic carbocycles. The molecule has 74 valence electrons. The Kier molecular flexibility index (Phi) is 5.25. The molecule has 1 rings (SSSR count). The molecule has 0 bridgehead atoms. The molecule has 0 saturated heterocycles. The summed E-state index contributed by atoms with van der Waals surface area (Å²) in [7, 11) is 0. The number of aromatic nitrogens is 2. The molecule has 0 fully saturated rings. The van der Waals surface area contributed by atoms with E-state index in [1.54, 1.807) is 0 Å². The Balaban J connectivity index is 1.90. The van der Waals surface area contributed by atoms with Crippen molar-refractivity contribution in [1.29, 1.82) is 0 Å². The first-order chi connectivity index (χ1) is 6.43. The monoisotopic (exact) mass is 181 g/mol. The minimum Gasteiger partial charge on any atom is -0.337 e. The third-order valence-corrected chi connectivity index (χ3v) is 2.04. The first kappa shape index (κ1) is 10.3. The Hall–Kier alpha value is -0.830. The molecule has 13 heavy (non-hydrogen) atoms. The van der Waals surface area contributed by atoms with Crippen molar-refractivity contribution in [3.63, 3.8) is 0 Å². The largest absolute Gasteiger partial charge is 0.337 e. The van der Waals surface area contributed by atoms with Gasteiger partial charge >= 0.3 is 0 Å². The van der Waals surface area contributed by atoms with Gasteiger partial charge in [-0.1, -0.05) is 13.3 Å². The molecule has 1 aromatic rings. The van der Waals surface area contributed by atoms with Gasteiger partial charge in [-0.3, -0.25) is 0 Å². The number of hydrogen-bond donors (Lipinski definition) is 1. The molecule has 0 amide bonds. The number of unbranched alkanes of at least 4 members (excludes halogenated alkanes) is 1. The van der Waals surface area contributed by atoms with Crippen LogP contribution in [0.15, 0.2) is 18.7 Å². The zero-order valence-electron chi connectivity index (χ0n) is 8.37. The SMILES string of the molecule is CCCCNCCCn1ccnc1. The lowest BCUT2D eigenvalue weighted by Crippen LogP contribution is -2.17. The van der Waals surface area contributed by atoms with Gasteiger partial charge in [-0.15, -0.1) is 0 Å². The Labute approximate surface area is 80.2 Å². The fraction of sp³-hybridized carbons (Fsp3) is 0.700. The lowest BCUT2D eigenvalue weighted by molar-refractivity contribution is 0.568. The summed E-state index contributed by atoms with van der Waals surface area (Å²) in [5.74, 6) is 0. The van der Waals surface area contributed by atoms with Crippen LogP contribution in [0.25, 0.3) is 0 Å². The maximum absolute atomic E-state index is 3.99. The number of aryl methyl sites for hydroxylation is 1. The minimum absolute atomic E-state index is 1.07. The molecule has 0 spiro atoms. The van der Waals surface area contributed by atoms with Crippen molar-refractivity contribution in [2.75, 3.05) is 13.1 Å². The zero-order valence-corrected chi connectivity index (χ0v) is 8.37. The zero-order chi connectivity index (χ0) is 9.36. The van der Waals surface area contributed by atoms with Gasteiger partial charge in [-0.2, -0.15) is 0 Å². The van der Waals surface area contributed by atoms with Gasteiger partial charge < -0.3 is 9.88 Å². The maximum atomic E-state index is 3.99. The van der Waals surface area contributed by atoms with Crippen LogP contribution in [0.3, 0.4) is 0 Å². The minimum atomic E-state index is 1.07. The van der Waals surface area contributed by atoms with E-state index in [4.69, 9.17) is 0 Å². The summed E-state index contributed by atoms with van der Waals surface area (Å²) in [4.78, 5) is 3.99. The van der Waals surface area contributed by atoms with Gasteiger partial charge in [0, 0.05) is 18.9 Å². The van der Waals surface area contributed by atoms with Crippen LogP contribution in [0.4, 0.5) is 0 Å². The van der Waals surface area contributed by atoms with Gasteiger partial charge in [0.1, 0.15) is 0 Å². The van der Waals surface area contributed by atoms with Gasteiger partial charge in [-0.25, -0.2) is 4.98 Å². The van der Waals surface area contributed by atoms with Gasteiger partial charge in [-0.05, 0) is 25.9 Å². The van der Waals surface area contributed by atoms with E-state index >= 15 is 0 Å². The molecule has 0 unspecified atom stereocenters. The van der Waals surface area contributed by atoms with E-state index in [9.17, 15) is 0 Å². The highest BCUT2D eigenvalue weighted by atomic mass is 15.0. The van der Waals surface area contributed by atoms with E-state index in [0.717, 1.165) is 19.6 Å². The molecule has 1 heterocycles. The van der Waals surface area contributed by atoms with Crippen molar-refractivity contribution < 1.29 is 0 Å². The first-order valence-corrected chi connectivity index (χ1v) is 5.10. The summed E-state index contributed by atoms with van der Waals surface area (Å²) in [5.41, 5.74) is 0. The third kappa shape index (κ3) is 4.68. The molecule has 1 N–H and O–H groups in total. The molecular formula is C10H19N3. The molecule has 0 aliphatic heterocycles. The lowest BCUT2D eigenvalue weighted by Gasteiger charge is -2.03. The summed E-state index contributed by atoms with van der Waals surface area (Å²) in [6, 6.07) is 0. The fourth-order valence-corrected chi connectivity index (χ4v) is 1.23. The summed E-state index contributed by atoms with van der Waals surface area (Å²) in [6.45, 7) is 5.55. The van der Waals surface area contributed by atoms with E-state index < -0.39 is 0 Å². The Morgan fingerprint density at radius 1 is 1.31 bits per heavy atom. The van der Waals surface area contributed by atoms with Crippen LogP contribution in [0, 0.1) is 0 Å². The van der Waals surface area contributed by atoms with Crippen LogP contribution >= 0.6 is 0 Å². The van der Waals surface area contributed by atoms with E-state index in [1.807, 2.05) is 18.7 Å². The van der Waals surface area contributed by atoms with Crippen molar-refractivity contribution in [3.8, 4) is 0 Å². The second kappa shape index (κ2) is 6.66. The second-order valence-corrected chi connectivity index (χ2v) is 3.26. The fourth-order valence-electron chi connectivity index (χ4n) is 1.23. The number of nitrogens with zero attached hydrogens (tertiary/aromatic N) is 2. The van der Waals surface area contributed by atoms with Crippen LogP contribution in [0.2, 0.25) is 0 Å². The van der Waals surface area contributed by atoms with Gasteiger partial charge in [0.25, 0.3) is 0 Å². The normalized spacial score (nSPS) is 10.5. The third-order valence-electron chi connectivity index (χ3n) is 2.04. The molecule has 0 atom stereocenters. The number of nitrogens with one attached hydrogen (secondary N) is 1. The van der Waals surface area contributed by atoms with E-state index in [1.165, 1.54) is 19.3 Å². The second-order valence-electron chi connectivity index (χ2n) is 3.26. The topological polar surface area (TPSA) is 29.9 Å². The predicted octanol–water partition coefficient (Wildman–Crippen LogP) is 1.66. The van der Waals surface area contributed by atoms with Gasteiger partial charge in [0.15, 0.2) is 0 Å². The van der Waals surface area contributed by atoms with Crippen LogP contribution in [0.5, 0.6) is 0 Å². The van der Waals surface area contributed by atoms with Crippen LogP contribution < -0.4 is 5.32 Å². The van der Waals surface area contributed by atoms with Crippen molar-refractivity contribution in [1.82, 2.24) is 14.9 Å². The molecule has 0 saturated carbocycles. The molecular weight excluding hydrogens is 162 g/mol. The van der Waals surface area contributed by atoms with Crippen LogP contribution in [-0.2, 0) is 6.54 Å². The van der Waals surface area contributed by atoms with E-state index in [-0.39, 0.29) is 0 Å². The highest BCUT2D eigenvalue weighted by Crippen LogP contribution is 1.89. The van der Waals surface area contributed by atoms with Gasteiger partial charge in [0.2, 0.25) is 0 Å². The average molecular weight is 181 g/mol. The summed E-state index contributed by atoms with van der Waals surface area (Å²) >= 11 is 0. The van der Waals surface area contributed by atoms with Crippen molar-refractivity contribution in [3.05, 3.63) is 18.7 Å². The Morgan fingerprint density at radius 3 is 2.85 bits per heavy atom. The molecule has 0 aliphatic carbocycles. The summed E-state index contributed by atoms with van der Waals surface area (Å²) in [6.07, 6.45) is 9.43. The van der Waals surface area contributed by atoms with Crippen molar-refractivity contribution in [2.45, 2.75) is 32.7 Å². The van der Waals surface area contributed by atoms with Gasteiger partial charge in [0.05, 0.1) is 6.33 Å². The number of hydrogen-bond acceptors (Lipinski definition) is 2. The molecule has 3 nitrogen and oxygen atoms in total. The Bertz CT molecular complexity index is 194. The average Bonchev–Trinajstić information content (AvgIpc) is 2.63. The smallest absolute Gasteiger partial charge is 0.0945 e. The molecule has 0 radical (unpaired) electrons. The standard InChI is InChI=1S/C10H19N3/c1-2-3-5-11-6-4-8-13-9-7-12-10-13/h7,9-11H,2-6,8H2,1H3. The molecule has 0 aliphatic rings. The quantitative estimate of drug-likeness (QED) is 0.648. The summed E-state index contributed by atoms with van der Waals surface area (Å²) in [5, 5.41) is 3.42. The van der Waals surface area contributed by atoms with Crippen LogP contribution in [-0.4, -0.2) is 22.6 Å². The Morgan fingerprint density at radius 2 is 2.15 bits per heavy atom. The maximum Gasteiger partial charge on any atom is 0.0945 e. The van der Waals surface area contributed by atoms with Crippen molar-refractivity contribution in [2.24, 2.45) is 0 Å². The number of rotatable bonds is 7. The van der Waals surface area contributed by atoms with Crippen molar-refractivity contribution >= 4 is 0 Å². The number of imidazole rings is 1. The lowest BCUT2D eigenvalue weighted by atomic mass is 10.3. The first-order valence-electron chi connectivity index (χ1n) is 5.10. The highest BCUT2D eigenvalue weighted by Gasteiger charge is 1.89. The van der Waals surface area contributed by atoms with Crippen LogP contribution in [0.1, 0.15) is 26.2 Å². The molecule has 3 heteroatoms. The predicted molar refractivity (Wildman–Crippen MR) is 54.6 cm³/mol. The van der Waals surface area contributed by atoms with E-state index in [2.05, 4.69) is 21.8 Å². The van der Waals surface area contributed by atoms with E-state index in [0.29, 0.717) is 0 Å².